The maximum absolute atomic E-state index is 11.2. The van der Waals surface area contributed by atoms with Crippen LogP contribution in [0, 0.1) is 17.0 Å². The maximum Gasteiger partial charge on any atom is 0.278 e. The van der Waals surface area contributed by atoms with Crippen molar-refractivity contribution < 1.29 is 9.45 Å². The Balaban J connectivity index is 1.21. The van der Waals surface area contributed by atoms with E-state index in [0.29, 0.717) is 23.6 Å². The molecule has 162 valence electrons. The van der Waals surface area contributed by atoms with Crippen molar-refractivity contribution in [3.8, 4) is 11.3 Å². The predicted octanol–water partition coefficient (Wildman–Crippen LogP) is 3.47. The van der Waals surface area contributed by atoms with Gasteiger partial charge < -0.3 is 14.7 Å². The maximum atomic E-state index is 11.2. The Morgan fingerprint density at radius 2 is 1.84 bits per heavy atom. The predicted molar refractivity (Wildman–Crippen MR) is 120 cm³/mol. The Labute approximate surface area is 181 Å². The number of hydrogen-bond acceptors (Lipinski definition) is 7. The summed E-state index contributed by atoms with van der Waals surface area (Å²) in [4.78, 5) is 15.7. The summed E-state index contributed by atoms with van der Waals surface area (Å²) in [5.41, 5.74) is 3.56. The Bertz CT molecular complexity index is 1010. The highest BCUT2D eigenvalue weighted by Gasteiger charge is 2.18. The molecular weight excluding hydrogens is 394 g/mol. The van der Waals surface area contributed by atoms with Crippen LogP contribution in [-0.4, -0.2) is 54.2 Å². The quantitative estimate of drug-likeness (QED) is 0.338. The van der Waals surface area contributed by atoms with Gasteiger partial charge in [0.15, 0.2) is 5.76 Å². The van der Waals surface area contributed by atoms with Crippen molar-refractivity contribution >= 4 is 11.4 Å². The minimum absolute atomic E-state index is 0.0279. The van der Waals surface area contributed by atoms with Crippen molar-refractivity contribution in [2.24, 2.45) is 0 Å². The van der Waals surface area contributed by atoms with Crippen LogP contribution in [0.2, 0.25) is 0 Å². The second-order valence-corrected chi connectivity index (χ2v) is 7.79. The van der Waals surface area contributed by atoms with E-state index in [4.69, 9.17) is 4.52 Å². The van der Waals surface area contributed by atoms with E-state index in [2.05, 4.69) is 51.5 Å². The molecule has 0 spiro atoms. The van der Waals surface area contributed by atoms with Crippen molar-refractivity contribution in [2.45, 2.75) is 13.5 Å². The fraction of sp³-hybridized carbons (Fsp3) is 0.348. The summed E-state index contributed by atoms with van der Waals surface area (Å²) in [5.74, 6) is 0.664. The molecule has 0 bridgehead atoms. The molecule has 1 N–H and O–H groups in total. The summed E-state index contributed by atoms with van der Waals surface area (Å²) in [6.45, 7) is 8.60. The molecule has 0 saturated carbocycles. The van der Waals surface area contributed by atoms with Crippen LogP contribution in [0.15, 0.2) is 59.1 Å². The number of nitro groups is 1. The van der Waals surface area contributed by atoms with Crippen LogP contribution in [0.1, 0.15) is 11.3 Å². The van der Waals surface area contributed by atoms with E-state index in [1.165, 1.54) is 17.3 Å². The molecule has 0 unspecified atom stereocenters. The molecule has 3 aromatic rings. The molecule has 0 radical (unpaired) electrons. The first-order chi connectivity index (χ1) is 15.1. The monoisotopic (exact) mass is 421 g/mol. The van der Waals surface area contributed by atoms with Crippen molar-refractivity contribution in [3.05, 3.63) is 76.0 Å². The molecule has 2 aromatic carbocycles. The third-order valence-electron chi connectivity index (χ3n) is 5.61. The average Bonchev–Trinajstić information content (AvgIpc) is 3.26. The molecule has 1 aliphatic rings. The van der Waals surface area contributed by atoms with Gasteiger partial charge in [-0.2, -0.15) is 0 Å². The minimum atomic E-state index is -0.402. The van der Waals surface area contributed by atoms with Gasteiger partial charge in [0.1, 0.15) is 5.69 Å². The van der Waals surface area contributed by atoms with Crippen molar-refractivity contribution in [3.63, 3.8) is 0 Å². The molecule has 0 aliphatic carbocycles. The number of hydrogen-bond donors (Lipinski definition) is 1. The summed E-state index contributed by atoms with van der Waals surface area (Å²) in [7, 11) is 0. The Morgan fingerprint density at radius 3 is 2.58 bits per heavy atom. The van der Waals surface area contributed by atoms with E-state index >= 15 is 0 Å². The van der Waals surface area contributed by atoms with Crippen LogP contribution in [0.4, 0.5) is 11.4 Å². The Hall–Kier alpha value is -3.23. The molecule has 8 heteroatoms. The number of aryl methyl sites for hydroxylation is 1. The van der Waals surface area contributed by atoms with Crippen LogP contribution in [0.25, 0.3) is 11.3 Å². The first-order valence-corrected chi connectivity index (χ1v) is 10.5. The largest absolute Gasteiger partial charge is 0.369 e. The second kappa shape index (κ2) is 9.72. The zero-order valence-corrected chi connectivity index (χ0v) is 17.7. The summed E-state index contributed by atoms with van der Waals surface area (Å²) >= 11 is 0. The molecule has 1 aliphatic heterocycles. The molecule has 0 atom stereocenters. The molecule has 1 fully saturated rings. The van der Waals surface area contributed by atoms with Gasteiger partial charge in [-0.3, -0.25) is 15.0 Å². The SMILES string of the molecule is Cc1ccc(N2CCN(CCNCc3cc(-c4ccccc4[N+](=O)[O-])no3)CC2)cc1. The standard InChI is InChI=1S/C23H27N5O3/c1-18-6-8-19(9-7-18)27-14-12-26(13-15-27)11-10-24-17-20-16-22(25-31-20)21-4-2-3-5-23(21)28(29)30/h2-9,16,24H,10-15,17H2,1H3. The van der Waals surface area contributed by atoms with Gasteiger partial charge in [-0.1, -0.05) is 35.0 Å². The number of nitrogens with one attached hydrogen (secondary N) is 1. The van der Waals surface area contributed by atoms with Gasteiger partial charge in [-0.25, -0.2) is 0 Å². The summed E-state index contributed by atoms with van der Waals surface area (Å²) < 4.78 is 5.36. The van der Waals surface area contributed by atoms with E-state index in [-0.39, 0.29) is 5.69 Å². The van der Waals surface area contributed by atoms with E-state index in [1.54, 1.807) is 24.3 Å². The average molecular weight is 422 g/mol. The lowest BCUT2D eigenvalue weighted by atomic mass is 10.1. The lowest BCUT2D eigenvalue weighted by Crippen LogP contribution is -2.48. The lowest BCUT2D eigenvalue weighted by molar-refractivity contribution is -0.384. The third-order valence-corrected chi connectivity index (χ3v) is 5.61. The molecule has 0 amide bonds. The molecule has 1 saturated heterocycles. The number of para-hydroxylation sites is 1. The highest BCUT2D eigenvalue weighted by Crippen LogP contribution is 2.28. The van der Waals surface area contributed by atoms with Crippen LogP contribution in [0.5, 0.6) is 0 Å². The first-order valence-electron chi connectivity index (χ1n) is 10.5. The van der Waals surface area contributed by atoms with Gasteiger partial charge in [0.2, 0.25) is 0 Å². The third kappa shape index (κ3) is 5.28. The van der Waals surface area contributed by atoms with E-state index in [0.717, 1.165) is 39.3 Å². The van der Waals surface area contributed by atoms with Gasteiger partial charge in [0, 0.05) is 57.1 Å². The fourth-order valence-corrected chi connectivity index (χ4v) is 3.81. The highest BCUT2D eigenvalue weighted by atomic mass is 16.6. The smallest absolute Gasteiger partial charge is 0.278 e. The molecule has 4 rings (SSSR count). The normalized spacial score (nSPS) is 14.7. The van der Waals surface area contributed by atoms with Crippen molar-refractivity contribution in [1.82, 2.24) is 15.4 Å². The van der Waals surface area contributed by atoms with Gasteiger partial charge in [-0.15, -0.1) is 0 Å². The zero-order chi connectivity index (χ0) is 21.6. The van der Waals surface area contributed by atoms with Crippen molar-refractivity contribution in [2.75, 3.05) is 44.2 Å². The number of nitro benzene ring substituents is 1. The van der Waals surface area contributed by atoms with E-state index in [1.807, 2.05) is 0 Å². The number of nitrogens with zero attached hydrogens (tertiary/aromatic N) is 4. The molecule has 31 heavy (non-hydrogen) atoms. The van der Waals surface area contributed by atoms with Gasteiger partial charge in [-0.05, 0) is 25.1 Å². The lowest BCUT2D eigenvalue weighted by Gasteiger charge is -2.36. The number of rotatable bonds is 8. The van der Waals surface area contributed by atoms with Gasteiger partial charge >= 0.3 is 0 Å². The highest BCUT2D eigenvalue weighted by molar-refractivity contribution is 5.70. The van der Waals surface area contributed by atoms with E-state index < -0.39 is 4.92 Å². The van der Waals surface area contributed by atoms with Crippen LogP contribution in [0.3, 0.4) is 0 Å². The number of piperazine rings is 1. The van der Waals surface area contributed by atoms with Crippen molar-refractivity contribution in [1.29, 1.82) is 0 Å². The van der Waals surface area contributed by atoms with Gasteiger partial charge in [0.25, 0.3) is 5.69 Å². The van der Waals surface area contributed by atoms with E-state index in [9.17, 15) is 10.1 Å². The Morgan fingerprint density at radius 1 is 1.10 bits per heavy atom. The number of aromatic nitrogens is 1. The topological polar surface area (TPSA) is 87.7 Å². The minimum Gasteiger partial charge on any atom is -0.369 e. The fourth-order valence-electron chi connectivity index (χ4n) is 3.81. The Kier molecular flexibility index (Phi) is 6.59. The second-order valence-electron chi connectivity index (χ2n) is 7.79. The molecule has 2 heterocycles. The van der Waals surface area contributed by atoms with Gasteiger partial charge in [0.05, 0.1) is 17.0 Å². The number of anilines is 1. The molecular formula is C23H27N5O3. The number of benzene rings is 2. The van der Waals surface area contributed by atoms with Crippen LogP contribution in [-0.2, 0) is 6.54 Å². The summed E-state index contributed by atoms with van der Waals surface area (Å²) in [5, 5.41) is 18.6. The summed E-state index contributed by atoms with van der Waals surface area (Å²) in [6.07, 6.45) is 0. The molecule has 8 nitrogen and oxygen atoms in total. The summed E-state index contributed by atoms with van der Waals surface area (Å²) in [6, 6.07) is 17.0. The zero-order valence-electron chi connectivity index (χ0n) is 17.7. The first kappa shape index (κ1) is 21.0. The van der Waals surface area contributed by atoms with Crippen LogP contribution < -0.4 is 10.2 Å². The molecule has 1 aromatic heterocycles. The van der Waals surface area contributed by atoms with Crippen LogP contribution >= 0.6 is 0 Å².